The Balaban J connectivity index is 1.31. The SMILES string of the molecule is Cc1c(Cl)cccc1NS(=O)(=O)c1ccc(NC(=O)C2CCN(Cc3ccc(F)cc3)CC2)cc1. The minimum absolute atomic E-state index is 0.0743. The minimum atomic E-state index is -3.80. The monoisotopic (exact) mass is 515 g/mol. The summed E-state index contributed by atoms with van der Waals surface area (Å²) in [4.78, 5) is 15.1. The normalized spacial score (nSPS) is 15.1. The zero-order chi connectivity index (χ0) is 25.0. The van der Waals surface area contributed by atoms with Crippen LogP contribution in [0, 0.1) is 18.7 Å². The van der Waals surface area contributed by atoms with Crippen molar-refractivity contribution in [1.82, 2.24) is 4.90 Å². The van der Waals surface area contributed by atoms with Crippen LogP contribution in [0.3, 0.4) is 0 Å². The van der Waals surface area contributed by atoms with Crippen LogP contribution in [-0.2, 0) is 21.4 Å². The lowest BCUT2D eigenvalue weighted by atomic mass is 9.95. The Labute approximate surface area is 210 Å². The van der Waals surface area contributed by atoms with Crippen LogP contribution in [0.2, 0.25) is 5.02 Å². The summed E-state index contributed by atoms with van der Waals surface area (Å²) in [5, 5.41) is 3.37. The van der Waals surface area contributed by atoms with Crippen molar-refractivity contribution in [2.24, 2.45) is 5.92 Å². The van der Waals surface area contributed by atoms with Crippen molar-refractivity contribution in [3.05, 3.63) is 88.7 Å². The van der Waals surface area contributed by atoms with Crippen molar-refractivity contribution in [2.75, 3.05) is 23.1 Å². The fourth-order valence-corrected chi connectivity index (χ4v) is 5.38. The van der Waals surface area contributed by atoms with Crippen LogP contribution in [0.15, 0.2) is 71.6 Å². The molecule has 3 aromatic carbocycles. The molecule has 0 atom stereocenters. The number of hydrogen-bond donors (Lipinski definition) is 2. The number of amides is 1. The predicted octanol–water partition coefficient (Wildman–Crippen LogP) is 5.44. The maximum absolute atomic E-state index is 13.1. The van der Waals surface area contributed by atoms with E-state index in [2.05, 4.69) is 14.9 Å². The first-order chi connectivity index (χ1) is 16.7. The Hall–Kier alpha value is -2.94. The number of carbonyl (C=O) groups excluding carboxylic acids is 1. The van der Waals surface area contributed by atoms with Gasteiger partial charge in [0.2, 0.25) is 5.91 Å². The molecular formula is C26H27ClFN3O3S. The third-order valence-corrected chi connectivity index (χ3v) is 8.01. The lowest BCUT2D eigenvalue weighted by molar-refractivity contribution is -0.121. The fraction of sp³-hybridized carbons (Fsp3) is 0.269. The van der Waals surface area contributed by atoms with E-state index in [1.165, 1.54) is 24.3 Å². The predicted molar refractivity (Wildman–Crippen MR) is 136 cm³/mol. The number of piperidine rings is 1. The average molecular weight is 516 g/mol. The summed E-state index contributed by atoms with van der Waals surface area (Å²) in [6.07, 6.45) is 1.45. The zero-order valence-corrected chi connectivity index (χ0v) is 20.9. The summed E-state index contributed by atoms with van der Waals surface area (Å²) in [6.45, 7) is 4.03. The van der Waals surface area contributed by atoms with Crippen molar-refractivity contribution in [3.8, 4) is 0 Å². The number of rotatable bonds is 7. The lowest BCUT2D eigenvalue weighted by Crippen LogP contribution is -2.37. The largest absolute Gasteiger partial charge is 0.326 e. The average Bonchev–Trinajstić information content (AvgIpc) is 2.84. The molecule has 3 aromatic rings. The van der Waals surface area contributed by atoms with Crippen LogP contribution in [-0.4, -0.2) is 32.3 Å². The van der Waals surface area contributed by atoms with E-state index >= 15 is 0 Å². The van der Waals surface area contributed by atoms with Gasteiger partial charge in [-0.05, 0) is 92.5 Å². The van der Waals surface area contributed by atoms with Crippen molar-refractivity contribution in [3.63, 3.8) is 0 Å². The van der Waals surface area contributed by atoms with E-state index in [0.29, 0.717) is 22.0 Å². The molecule has 1 saturated heterocycles. The number of halogens is 2. The van der Waals surface area contributed by atoms with Crippen LogP contribution in [0.4, 0.5) is 15.8 Å². The molecule has 1 aliphatic heterocycles. The Bertz CT molecular complexity index is 1290. The molecule has 1 heterocycles. The second-order valence-electron chi connectivity index (χ2n) is 8.71. The summed E-state index contributed by atoms with van der Waals surface area (Å²) in [5.41, 5.74) is 2.65. The second-order valence-corrected chi connectivity index (χ2v) is 10.8. The van der Waals surface area contributed by atoms with E-state index in [9.17, 15) is 17.6 Å². The van der Waals surface area contributed by atoms with Crippen molar-refractivity contribution in [1.29, 1.82) is 0 Å². The van der Waals surface area contributed by atoms with Crippen LogP contribution < -0.4 is 10.0 Å². The van der Waals surface area contributed by atoms with Crippen molar-refractivity contribution < 1.29 is 17.6 Å². The van der Waals surface area contributed by atoms with E-state index in [1.54, 1.807) is 49.4 Å². The molecule has 1 amide bonds. The summed E-state index contributed by atoms with van der Waals surface area (Å²) >= 11 is 6.08. The lowest BCUT2D eigenvalue weighted by Gasteiger charge is -2.31. The Morgan fingerprint density at radius 2 is 1.69 bits per heavy atom. The molecule has 9 heteroatoms. The van der Waals surface area contributed by atoms with Crippen LogP contribution in [0.5, 0.6) is 0 Å². The molecule has 184 valence electrons. The molecule has 0 aliphatic carbocycles. The standard InChI is InChI=1S/C26H27ClFN3O3S/c1-18-24(27)3-2-4-25(18)30-35(33,34)23-11-9-22(10-12-23)29-26(32)20-13-15-31(16-14-20)17-19-5-7-21(28)8-6-19/h2-12,20,30H,13-17H2,1H3,(H,29,32). The second kappa shape index (κ2) is 10.8. The highest BCUT2D eigenvalue weighted by Crippen LogP contribution is 2.26. The Morgan fingerprint density at radius 3 is 2.34 bits per heavy atom. The number of sulfonamides is 1. The first-order valence-electron chi connectivity index (χ1n) is 11.4. The Kier molecular flexibility index (Phi) is 7.74. The molecule has 1 fully saturated rings. The summed E-state index contributed by atoms with van der Waals surface area (Å²) in [6, 6.07) is 17.6. The molecule has 0 spiro atoms. The highest BCUT2D eigenvalue weighted by molar-refractivity contribution is 7.92. The van der Waals surface area contributed by atoms with Gasteiger partial charge in [-0.3, -0.25) is 14.4 Å². The van der Waals surface area contributed by atoms with E-state index < -0.39 is 10.0 Å². The van der Waals surface area contributed by atoms with Gasteiger partial charge in [0, 0.05) is 23.2 Å². The third-order valence-electron chi connectivity index (χ3n) is 6.22. The first kappa shape index (κ1) is 25.2. The van der Waals surface area contributed by atoms with Gasteiger partial charge in [-0.15, -0.1) is 0 Å². The van der Waals surface area contributed by atoms with Gasteiger partial charge < -0.3 is 5.32 Å². The maximum atomic E-state index is 13.1. The summed E-state index contributed by atoms with van der Waals surface area (Å²) in [5.74, 6) is -0.438. The molecule has 0 bridgehead atoms. The van der Waals surface area contributed by atoms with E-state index in [1.807, 2.05) is 0 Å². The number of hydrogen-bond acceptors (Lipinski definition) is 4. The van der Waals surface area contributed by atoms with Gasteiger partial charge in [0.05, 0.1) is 10.6 Å². The molecule has 4 rings (SSSR count). The molecule has 0 unspecified atom stereocenters. The Morgan fingerprint density at radius 1 is 1.03 bits per heavy atom. The quantitative estimate of drug-likeness (QED) is 0.439. The number of carbonyl (C=O) groups is 1. The molecule has 1 aliphatic rings. The van der Waals surface area contributed by atoms with Gasteiger partial charge >= 0.3 is 0 Å². The highest BCUT2D eigenvalue weighted by Gasteiger charge is 2.25. The van der Waals surface area contributed by atoms with Gasteiger partial charge in [0.25, 0.3) is 10.0 Å². The molecule has 0 saturated carbocycles. The summed E-state index contributed by atoms with van der Waals surface area (Å²) < 4.78 is 41.2. The summed E-state index contributed by atoms with van der Waals surface area (Å²) in [7, 11) is -3.80. The van der Waals surface area contributed by atoms with Gasteiger partial charge in [0.15, 0.2) is 0 Å². The van der Waals surface area contributed by atoms with Gasteiger partial charge in [-0.2, -0.15) is 0 Å². The van der Waals surface area contributed by atoms with E-state index in [0.717, 1.165) is 38.0 Å². The van der Waals surface area contributed by atoms with Crippen LogP contribution >= 0.6 is 11.6 Å². The zero-order valence-electron chi connectivity index (χ0n) is 19.3. The highest BCUT2D eigenvalue weighted by atomic mass is 35.5. The third kappa shape index (κ3) is 6.39. The fourth-order valence-electron chi connectivity index (χ4n) is 4.08. The maximum Gasteiger partial charge on any atom is 0.261 e. The van der Waals surface area contributed by atoms with Crippen molar-refractivity contribution in [2.45, 2.75) is 31.2 Å². The first-order valence-corrected chi connectivity index (χ1v) is 13.2. The molecular weight excluding hydrogens is 489 g/mol. The topological polar surface area (TPSA) is 78.5 Å². The van der Waals surface area contributed by atoms with Gasteiger partial charge in [-0.1, -0.05) is 29.8 Å². The number of benzene rings is 3. The molecule has 2 N–H and O–H groups in total. The van der Waals surface area contributed by atoms with Crippen LogP contribution in [0.1, 0.15) is 24.0 Å². The van der Waals surface area contributed by atoms with Gasteiger partial charge in [-0.25, -0.2) is 12.8 Å². The smallest absolute Gasteiger partial charge is 0.261 e. The molecule has 6 nitrogen and oxygen atoms in total. The molecule has 35 heavy (non-hydrogen) atoms. The number of nitrogens with one attached hydrogen (secondary N) is 2. The molecule has 0 aromatic heterocycles. The van der Waals surface area contributed by atoms with E-state index in [-0.39, 0.29) is 22.5 Å². The van der Waals surface area contributed by atoms with E-state index in [4.69, 9.17) is 11.6 Å². The molecule has 0 radical (unpaired) electrons. The number of nitrogens with zero attached hydrogens (tertiary/aromatic N) is 1. The van der Waals surface area contributed by atoms with Crippen LogP contribution in [0.25, 0.3) is 0 Å². The van der Waals surface area contributed by atoms with Crippen molar-refractivity contribution >= 4 is 38.9 Å². The number of likely N-dealkylation sites (tertiary alicyclic amines) is 1. The number of anilines is 2. The van der Waals surface area contributed by atoms with Gasteiger partial charge in [0.1, 0.15) is 5.82 Å². The minimum Gasteiger partial charge on any atom is -0.326 e.